The first-order chi connectivity index (χ1) is 10.0. The van der Waals surface area contributed by atoms with Gasteiger partial charge in [-0.2, -0.15) is 5.10 Å². The minimum Gasteiger partial charge on any atom is -0.397 e. The van der Waals surface area contributed by atoms with Gasteiger partial charge in [0.1, 0.15) is 11.2 Å². The maximum Gasteiger partial charge on any atom is 0.263 e. The highest BCUT2D eigenvalue weighted by molar-refractivity contribution is 7.21. The number of fused-ring (bicyclic) bond motifs is 1. The molecule has 0 aliphatic rings. The largest absolute Gasteiger partial charge is 0.397 e. The van der Waals surface area contributed by atoms with Gasteiger partial charge in [0.05, 0.1) is 12.2 Å². The van der Waals surface area contributed by atoms with E-state index < -0.39 is 0 Å². The van der Waals surface area contributed by atoms with E-state index in [0.29, 0.717) is 21.4 Å². The normalized spacial score (nSPS) is 11.0. The second-order valence-corrected chi connectivity index (χ2v) is 5.99. The van der Waals surface area contributed by atoms with Gasteiger partial charge in [0.25, 0.3) is 5.91 Å². The number of carbonyl (C=O) groups is 1. The number of aromatic nitrogens is 3. The molecule has 21 heavy (non-hydrogen) atoms. The summed E-state index contributed by atoms with van der Waals surface area (Å²) >= 11 is 7.27. The van der Waals surface area contributed by atoms with Crippen LogP contribution in [0.15, 0.2) is 24.5 Å². The average molecular weight is 322 g/mol. The minimum atomic E-state index is -0.239. The Balaban J connectivity index is 1.82. The molecule has 0 unspecified atom stereocenters. The highest BCUT2D eigenvalue weighted by Gasteiger charge is 2.16. The van der Waals surface area contributed by atoms with Crippen LogP contribution < -0.4 is 11.1 Å². The Morgan fingerprint density at radius 1 is 1.52 bits per heavy atom. The van der Waals surface area contributed by atoms with Crippen molar-refractivity contribution in [1.82, 2.24) is 20.1 Å². The lowest BCUT2D eigenvalue weighted by Gasteiger charge is -2.01. The monoisotopic (exact) mass is 321 g/mol. The van der Waals surface area contributed by atoms with Crippen molar-refractivity contribution in [3.05, 3.63) is 40.3 Å². The van der Waals surface area contributed by atoms with Gasteiger partial charge in [0.15, 0.2) is 5.82 Å². The number of nitrogen functional groups attached to an aromatic ring is 1. The number of halogens is 1. The van der Waals surface area contributed by atoms with Crippen LogP contribution in [0.25, 0.3) is 10.1 Å². The molecule has 2 aromatic heterocycles. The molecule has 0 saturated heterocycles. The molecular weight excluding hydrogens is 310 g/mol. The molecule has 0 radical (unpaired) electrons. The van der Waals surface area contributed by atoms with Crippen LogP contribution in [0.3, 0.4) is 0 Å². The fourth-order valence-electron chi connectivity index (χ4n) is 1.96. The van der Waals surface area contributed by atoms with Crippen LogP contribution in [0, 0.1) is 0 Å². The number of benzene rings is 1. The lowest BCUT2D eigenvalue weighted by Crippen LogP contribution is -2.23. The smallest absolute Gasteiger partial charge is 0.263 e. The van der Waals surface area contributed by atoms with Crippen molar-refractivity contribution in [3.8, 4) is 0 Å². The summed E-state index contributed by atoms with van der Waals surface area (Å²) in [5, 5.41) is 8.32. The Kier molecular flexibility index (Phi) is 3.52. The summed E-state index contributed by atoms with van der Waals surface area (Å²) in [4.78, 5) is 16.7. The van der Waals surface area contributed by atoms with E-state index >= 15 is 0 Å². The Morgan fingerprint density at radius 2 is 2.33 bits per heavy atom. The summed E-state index contributed by atoms with van der Waals surface area (Å²) in [5.41, 5.74) is 6.50. The summed E-state index contributed by atoms with van der Waals surface area (Å²) in [6, 6.07) is 5.38. The molecule has 0 aliphatic carbocycles. The molecule has 8 heteroatoms. The van der Waals surface area contributed by atoms with Gasteiger partial charge in [0, 0.05) is 22.2 Å². The average Bonchev–Trinajstić information content (AvgIpc) is 3.00. The number of carbonyl (C=O) groups excluding carboxylic acids is 1. The van der Waals surface area contributed by atoms with Crippen LogP contribution in [0.2, 0.25) is 5.02 Å². The molecule has 0 atom stereocenters. The van der Waals surface area contributed by atoms with Gasteiger partial charge in [0.2, 0.25) is 0 Å². The Morgan fingerprint density at radius 3 is 3.05 bits per heavy atom. The molecule has 2 heterocycles. The molecular formula is C13H12ClN5OS. The second-order valence-electron chi connectivity index (χ2n) is 4.50. The van der Waals surface area contributed by atoms with Crippen LogP contribution in [0.5, 0.6) is 0 Å². The molecule has 108 valence electrons. The quantitative estimate of drug-likeness (QED) is 0.774. The van der Waals surface area contributed by atoms with Crippen LogP contribution >= 0.6 is 22.9 Å². The molecule has 0 saturated carbocycles. The molecule has 1 aromatic carbocycles. The fourth-order valence-corrected chi connectivity index (χ4v) is 3.28. The first-order valence-electron chi connectivity index (χ1n) is 6.15. The number of amides is 1. The first-order valence-corrected chi connectivity index (χ1v) is 7.34. The molecule has 6 nitrogen and oxygen atoms in total. The van der Waals surface area contributed by atoms with Gasteiger partial charge in [-0.25, -0.2) is 4.98 Å². The van der Waals surface area contributed by atoms with E-state index in [1.54, 1.807) is 30.2 Å². The fraction of sp³-hybridized carbons (Fsp3) is 0.154. The highest BCUT2D eigenvalue weighted by Crippen LogP contribution is 2.35. The van der Waals surface area contributed by atoms with E-state index in [0.717, 1.165) is 10.1 Å². The SMILES string of the molecule is Cn1cnc(CNC(=O)c2sc3cc(Cl)ccc3c2N)n1. The van der Waals surface area contributed by atoms with Crippen molar-refractivity contribution in [1.29, 1.82) is 0 Å². The van der Waals surface area contributed by atoms with E-state index in [1.165, 1.54) is 11.3 Å². The van der Waals surface area contributed by atoms with E-state index in [1.807, 2.05) is 6.07 Å². The molecule has 3 aromatic rings. The van der Waals surface area contributed by atoms with Crippen molar-refractivity contribution < 1.29 is 4.79 Å². The lowest BCUT2D eigenvalue weighted by atomic mass is 10.2. The standard InChI is InChI=1S/C13H12ClN5OS/c1-19-6-17-10(18-19)5-16-13(20)12-11(15)8-3-2-7(14)4-9(8)21-12/h2-4,6H,5,15H2,1H3,(H,16,20). The van der Waals surface area contributed by atoms with Crippen molar-refractivity contribution in [2.24, 2.45) is 7.05 Å². The molecule has 0 spiro atoms. The number of hydrogen-bond donors (Lipinski definition) is 2. The zero-order valence-corrected chi connectivity index (χ0v) is 12.7. The topological polar surface area (TPSA) is 85.8 Å². The van der Waals surface area contributed by atoms with E-state index in [4.69, 9.17) is 17.3 Å². The highest BCUT2D eigenvalue weighted by atomic mass is 35.5. The number of nitrogens with zero attached hydrogens (tertiary/aromatic N) is 3. The Hall–Kier alpha value is -2.12. The van der Waals surface area contributed by atoms with Crippen molar-refractivity contribution in [3.63, 3.8) is 0 Å². The Labute approximate surface area is 129 Å². The van der Waals surface area contributed by atoms with Gasteiger partial charge in [-0.3, -0.25) is 9.48 Å². The van der Waals surface area contributed by atoms with Gasteiger partial charge >= 0.3 is 0 Å². The molecule has 0 fully saturated rings. The van der Waals surface area contributed by atoms with Gasteiger partial charge in [-0.1, -0.05) is 11.6 Å². The number of anilines is 1. The number of thiophene rings is 1. The third kappa shape index (κ3) is 2.70. The predicted octanol–water partition coefficient (Wildman–Crippen LogP) is 2.20. The van der Waals surface area contributed by atoms with Crippen molar-refractivity contribution in [2.45, 2.75) is 6.54 Å². The maximum absolute atomic E-state index is 12.2. The van der Waals surface area contributed by atoms with Crippen LogP contribution in [-0.4, -0.2) is 20.7 Å². The molecule has 0 bridgehead atoms. The van der Waals surface area contributed by atoms with Crippen LogP contribution in [-0.2, 0) is 13.6 Å². The third-order valence-electron chi connectivity index (χ3n) is 2.95. The first kappa shape index (κ1) is 13.8. The van der Waals surface area contributed by atoms with Crippen molar-refractivity contribution >= 4 is 44.6 Å². The number of aryl methyl sites for hydroxylation is 1. The van der Waals surface area contributed by atoms with E-state index in [-0.39, 0.29) is 12.5 Å². The number of nitrogens with one attached hydrogen (secondary N) is 1. The third-order valence-corrected chi connectivity index (χ3v) is 4.35. The summed E-state index contributed by atoms with van der Waals surface area (Å²) in [7, 11) is 1.77. The van der Waals surface area contributed by atoms with Gasteiger partial charge < -0.3 is 11.1 Å². The number of nitrogens with two attached hydrogens (primary N) is 1. The predicted molar refractivity (Wildman–Crippen MR) is 83.4 cm³/mol. The zero-order valence-electron chi connectivity index (χ0n) is 11.1. The number of hydrogen-bond acceptors (Lipinski definition) is 5. The Bertz CT molecular complexity index is 825. The molecule has 3 rings (SSSR count). The summed E-state index contributed by atoms with van der Waals surface area (Å²) in [5.74, 6) is 0.311. The maximum atomic E-state index is 12.2. The van der Waals surface area contributed by atoms with E-state index in [9.17, 15) is 4.79 Å². The van der Waals surface area contributed by atoms with Crippen molar-refractivity contribution in [2.75, 3.05) is 5.73 Å². The van der Waals surface area contributed by atoms with Gasteiger partial charge in [-0.15, -0.1) is 11.3 Å². The van der Waals surface area contributed by atoms with Crippen LogP contribution in [0.1, 0.15) is 15.5 Å². The molecule has 3 N–H and O–H groups in total. The molecule has 1 amide bonds. The van der Waals surface area contributed by atoms with Gasteiger partial charge in [-0.05, 0) is 18.2 Å². The lowest BCUT2D eigenvalue weighted by molar-refractivity contribution is 0.0955. The summed E-state index contributed by atoms with van der Waals surface area (Å²) < 4.78 is 2.47. The second kappa shape index (κ2) is 5.34. The summed E-state index contributed by atoms with van der Waals surface area (Å²) in [6.45, 7) is 0.258. The summed E-state index contributed by atoms with van der Waals surface area (Å²) in [6.07, 6.45) is 1.58. The molecule has 0 aliphatic heterocycles. The van der Waals surface area contributed by atoms with Crippen LogP contribution in [0.4, 0.5) is 5.69 Å². The zero-order chi connectivity index (χ0) is 15.0. The number of rotatable bonds is 3. The minimum absolute atomic E-state index is 0.239. The van der Waals surface area contributed by atoms with E-state index in [2.05, 4.69) is 15.4 Å².